The van der Waals surface area contributed by atoms with Gasteiger partial charge in [-0.3, -0.25) is 9.69 Å². The fourth-order valence-corrected chi connectivity index (χ4v) is 4.67. The molecule has 0 bridgehead atoms. The van der Waals surface area contributed by atoms with E-state index in [4.69, 9.17) is 5.73 Å². The predicted molar refractivity (Wildman–Crippen MR) is 142 cm³/mol. The molecule has 1 aliphatic heterocycles. The molecule has 8 nitrogen and oxygen atoms in total. The van der Waals surface area contributed by atoms with Crippen molar-refractivity contribution in [2.24, 2.45) is 5.73 Å². The molecule has 0 saturated carbocycles. The Hall–Kier alpha value is -4.29. The van der Waals surface area contributed by atoms with E-state index in [1.54, 1.807) is 0 Å². The fraction of sp³-hybridized carbons (Fsp3) is 0.207. The summed E-state index contributed by atoms with van der Waals surface area (Å²) >= 11 is 0. The second kappa shape index (κ2) is 10.8. The van der Waals surface area contributed by atoms with Crippen LogP contribution in [0.5, 0.6) is 0 Å². The second-order valence-electron chi connectivity index (χ2n) is 9.18. The Morgan fingerprint density at radius 3 is 2.65 bits per heavy atom. The van der Waals surface area contributed by atoms with Crippen molar-refractivity contribution >= 4 is 11.6 Å². The highest BCUT2D eigenvalue weighted by molar-refractivity contribution is 6.03. The van der Waals surface area contributed by atoms with Crippen LogP contribution in [0.4, 0.5) is 5.69 Å². The third kappa shape index (κ3) is 5.44. The Bertz CT molecular complexity index is 1450. The molecule has 1 saturated heterocycles. The number of amides is 1. The van der Waals surface area contributed by atoms with Crippen LogP contribution in [0.1, 0.15) is 33.7 Å². The summed E-state index contributed by atoms with van der Waals surface area (Å²) in [4.78, 5) is 15.5. The lowest BCUT2D eigenvalue weighted by atomic mass is 9.99. The minimum atomic E-state index is -0.368. The van der Waals surface area contributed by atoms with Gasteiger partial charge in [0, 0.05) is 37.9 Å². The maximum atomic E-state index is 13.2. The number of hydrogen-bond donors (Lipinski definition) is 3. The van der Waals surface area contributed by atoms with Gasteiger partial charge in [-0.25, -0.2) is 4.68 Å². The van der Waals surface area contributed by atoms with Crippen molar-refractivity contribution in [3.63, 3.8) is 0 Å². The Balaban J connectivity index is 1.35. The molecule has 0 radical (unpaired) electrons. The Kier molecular flexibility index (Phi) is 7.10. The number of nitrogens with two attached hydrogens (primary N) is 1. The van der Waals surface area contributed by atoms with E-state index in [-0.39, 0.29) is 23.4 Å². The van der Waals surface area contributed by atoms with Gasteiger partial charge in [0.25, 0.3) is 5.91 Å². The topological polar surface area (TPSA) is 120 Å². The number of nitrogens with one attached hydrogen (secondary N) is 1. The van der Waals surface area contributed by atoms with Crippen LogP contribution in [-0.4, -0.2) is 44.9 Å². The van der Waals surface area contributed by atoms with Crippen LogP contribution in [0.3, 0.4) is 0 Å². The van der Waals surface area contributed by atoms with Crippen molar-refractivity contribution < 1.29 is 9.90 Å². The second-order valence-corrected chi connectivity index (χ2v) is 9.18. The lowest BCUT2D eigenvalue weighted by Gasteiger charge is -2.18. The molecule has 4 N–H and O–H groups in total. The molecule has 186 valence electrons. The van der Waals surface area contributed by atoms with Crippen LogP contribution < -0.4 is 11.1 Å². The number of hydrogen-bond acceptors (Lipinski definition) is 6. The first-order valence-electron chi connectivity index (χ1n) is 12.2. The van der Waals surface area contributed by atoms with Crippen molar-refractivity contribution in [3.05, 3.63) is 101 Å². The Morgan fingerprint density at radius 2 is 1.92 bits per heavy atom. The molecular formula is C29H28N6O2. The summed E-state index contributed by atoms with van der Waals surface area (Å²) in [6.07, 6.45) is 0.559. The highest BCUT2D eigenvalue weighted by atomic mass is 16.3. The molecule has 4 aromatic rings. The monoisotopic (exact) mass is 492 g/mol. The number of nitrogens with zero attached hydrogens (tertiary/aromatic N) is 4. The summed E-state index contributed by atoms with van der Waals surface area (Å²) in [5.41, 5.74) is 11.7. The van der Waals surface area contributed by atoms with Gasteiger partial charge in [0.1, 0.15) is 11.8 Å². The zero-order valence-electron chi connectivity index (χ0n) is 20.3. The van der Waals surface area contributed by atoms with E-state index in [1.807, 2.05) is 66.7 Å². The average molecular weight is 493 g/mol. The molecule has 1 aromatic heterocycles. The molecule has 0 spiro atoms. The van der Waals surface area contributed by atoms with Gasteiger partial charge in [-0.2, -0.15) is 10.4 Å². The first-order chi connectivity index (χ1) is 18.0. The quantitative estimate of drug-likeness (QED) is 0.362. The van der Waals surface area contributed by atoms with E-state index in [1.165, 1.54) is 16.3 Å². The molecule has 8 heteroatoms. The van der Waals surface area contributed by atoms with Crippen molar-refractivity contribution in [1.29, 1.82) is 5.26 Å². The number of benzene rings is 3. The number of aliphatic hydroxyl groups excluding tert-OH is 1. The largest absolute Gasteiger partial charge is 0.392 e. The summed E-state index contributed by atoms with van der Waals surface area (Å²) < 4.78 is 1.47. The molecular weight excluding hydrogens is 464 g/mol. The molecule has 2 heterocycles. The molecule has 1 unspecified atom stereocenters. The summed E-state index contributed by atoms with van der Waals surface area (Å²) in [6, 6.07) is 26.8. The zero-order chi connectivity index (χ0) is 25.8. The molecule has 1 atom stereocenters. The normalized spacial score (nSPS) is 15.4. The Labute approximate surface area is 215 Å². The summed E-state index contributed by atoms with van der Waals surface area (Å²) in [6.45, 7) is 2.72. The molecule has 37 heavy (non-hydrogen) atoms. The fourth-order valence-electron chi connectivity index (χ4n) is 4.67. The smallest absolute Gasteiger partial charge is 0.274 e. The number of carbonyl (C=O) groups excluding carboxylic acids is 1. The molecule has 1 aliphatic rings. The zero-order valence-corrected chi connectivity index (χ0v) is 20.3. The third-order valence-electron chi connectivity index (χ3n) is 6.56. The van der Waals surface area contributed by atoms with Crippen molar-refractivity contribution in [3.8, 4) is 22.9 Å². The van der Waals surface area contributed by atoms with Crippen LogP contribution in [0, 0.1) is 11.3 Å². The summed E-state index contributed by atoms with van der Waals surface area (Å²) in [5, 5.41) is 26.4. The van der Waals surface area contributed by atoms with Gasteiger partial charge in [-0.1, -0.05) is 48.5 Å². The van der Waals surface area contributed by atoms with E-state index in [0.29, 0.717) is 24.5 Å². The van der Waals surface area contributed by atoms with Gasteiger partial charge in [-0.05, 0) is 52.9 Å². The molecule has 1 fully saturated rings. The van der Waals surface area contributed by atoms with Crippen LogP contribution in [0.25, 0.3) is 16.8 Å². The lowest BCUT2D eigenvalue weighted by molar-refractivity contribution is 0.101. The van der Waals surface area contributed by atoms with Gasteiger partial charge >= 0.3 is 0 Å². The number of β-amino-alcohol motifs (C(OH)–C–C–N with tert-alkyl or cyclic N) is 1. The highest BCUT2D eigenvalue weighted by Crippen LogP contribution is 2.27. The molecule has 0 aliphatic carbocycles. The van der Waals surface area contributed by atoms with Crippen LogP contribution in [0.15, 0.2) is 78.9 Å². The van der Waals surface area contributed by atoms with E-state index in [2.05, 4.69) is 27.4 Å². The minimum Gasteiger partial charge on any atom is -0.392 e. The predicted octanol–water partition coefficient (Wildman–Crippen LogP) is 3.69. The van der Waals surface area contributed by atoms with Crippen LogP contribution in [0.2, 0.25) is 0 Å². The third-order valence-corrected chi connectivity index (χ3v) is 6.56. The van der Waals surface area contributed by atoms with Crippen LogP contribution >= 0.6 is 0 Å². The number of likely N-dealkylation sites (tertiary alicyclic amines) is 1. The maximum absolute atomic E-state index is 13.2. The molecule has 3 aromatic carbocycles. The van der Waals surface area contributed by atoms with Gasteiger partial charge in [0.2, 0.25) is 0 Å². The summed E-state index contributed by atoms with van der Waals surface area (Å²) in [5.74, 6) is -0.368. The number of anilines is 1. The minimum absolute atomic E-state index is 0.153. The number of carbonyl (C=O) groups is 1. The van der Waals surface area contributed by atoms with Crippen molar-refractivity contribution in [1.82, 2.24) is 14.7 Å². The van der Waals surface area contributed by atoms with E-state index in [0.717, 1.165) is 36.2 Å². The van der Waals surface area contributed by atoms with Gasteiger partial charge in [0.05, 0.1) is 11.8 Å². The van der Waals surface area contributed by atoms with E-state index >= 15 is 0 Å². The van der Waals surface area contributed by atoms with Crippen LogP contribution in [-0.2, 0) is 13.1 Å². The first-order valence-corrected chi connectivity index (χ1v) is 12.2. The molecule has 1 amide bonds. The Morgan fingerprint density at radius 1 is 1.11 bits per heavy atom. The number of rotatable bonds is 7. The van der Waals surface area contributed by atoms with Gasteiger partial charge in [0.15, 0.2) is 5.69 Å². The maximum Gasteiger partial charge on any atom is 0.274 e. The van der Waals surface area contributed by atoms with E-state index in [9.17, 15) is 15.2 Å². The lowest BCUT2D eigenvalue weighted by Crippen LogP contribution is -2.21. The highest BCUT2D eigenvalue weighted by Gasteiger charge is 2.21. The molecule has 5 rings (SSSR count). The van der Waals surface area contributed by atoms with Gasteiger partial charge < -0.3 is 16.2 Å². The van der Waals surface area contributed by atoms with Crippen molar-refractivity contribution in [2.75, 3.05) is 18.4 Å². The first kappa shape index (κ1) is 24.4. The average Bonchev–Trinajstić information content (AvgIpc) is 3.55. The number of aromatic nitrogens is 2. The SMILES string of the molecule is N#Cc1cc(C(=O)Nc2ccc(-c3ccccc3CN3CCC(O)C3)cc2)n(-c2cccc(CN)c2)n1. The summed E-state index contributed by atoms with van der Waals surface area (Å²) in [7, 11) is 0. The number of nitriles is 1. The van der Waals surface area contributed by atoms with E-state index < -0.39 is 0 Å². The van der Waals surface area contributed by atoms with Crippen molar-refractivity contribution in [2.45, 2.75) is 25.6 Å². The van der Waals surface area contributed by atoms with Gasteiger partial charge in [-0.15, -0.1) is 0 Å². The standard InChI is InChI=1S/C29H28N6O2/c30-16-20-4-3-6-25(14-20)35-28(15-24(17-31)33-35)29(37)32-23-10-8-21(9-11-23)27-7-2-1-5-22(27)18-34-13-12-26(36)19-34/h1-11,14-15,26,36H,12-13,16,18-19,30H2,(H,32,37). The number of aliphatic hydroxyl groups is 1.